The van der Waals surface area contributed by atoms with Crippen molar-refractivity contribution >= 4 is 17.6 Å². The van der Waals surface area contributed by atoms with Crippen molar-refractivity contribution in [2.45, 2.75) is 25.2 Å². The highest BCUT2D eigenvalue weighted by molar-refractivity contribution is 6.31. The maximum Gasteiger partial charge on any atom is 0.336 e. The molecule has 1 aliphatic carbocycles. The van der Waals surface area contributed by atoms with Gasteiger partial charge in [0.1, 0.15) is 0 Å². The monoisotopic (exact) mass is 286 g/mol. The average molecular weight is 287 g/mol. The van der Waals surface area contributed by atoms with Crippen LogP contribution in [0.4, 0.5) is 0 Å². The number of aromatic carboxylic acids is 1. The second-order valence-corrected chi connectivity index (χ2v) is 5.68. The summed E-state index contributed by atoms with van der Waals surface area (Å²) in [4.78, 5) is 11.3. The molecule has 0 aliphatic heterocycles. The van der Waals surface area contributed by atoms with Gasteiger partial charge in [-0.05, 0) is 47.6 Å². The number of hydrogen-bond donors (Lipinski definition) is 1. The predicted octanol–water partition coefficient (Wildman–Crippen LogP) is 4.97. The second kappa shape index (κ2) is 5.29. The zero-order valence-electron chi connectivity index (χ0n) is 11.0. The number of carboxylic acids is 1. The minimum atomic E-state index is -0.953. The Balaban J connectivity index is 1.98. The van der Waals surface area contributed by atoms with E-state index in [1.165, 1.54) is 30.9 Å². The fourth-order valence-corrected chi connectivity index (χ4v) is 2.79. The number of carbonyl (C=O) groups is 1. The molecule has 1 N–H and O–H groups in total. The Morgan fingerprint density at radius 1 is 1.10 bits per heavy atom. The van der Waals surface area contributed by atoms with E-state index in [0.717, 1.165) is 5.56 Å². The molecule has 0 amide bonds. The van der Waals surface area contributed by atoms with Gasteiger partial charge in [0.25, 0.3) is 0 Å². The Kier molecular flexibility index (Phi) is 3.49. The van der Waals surface area contributed by atoms with Gasteiger partial charge in [-0.1, -0.05) is 48.4 Å². The van der Waals surface area contributed by atoms with Crippen molar-refractivity contribution in [3.63, 3.8) is 0 Å². The van der Waals surface area contributed by atoms with Gasteiger partial charge in [0.2, 0.25) is 0 Å². The zero-order chi connectivity index (χ0) is 14.1. The molecule has 1 saturated carbocycles. The Morgan fingerprint density at radius 3 is 2.35 bits per heavy atom. The van der Waals surface area contributed by atoms with Crippen molar-refractivity contribution in [1.82, 2.24) is 0 Å². The van der Waals surface area contributed by atoms with E-state index in [-0.39, 0.29) is 5.56 Å². The highest BCUT2D eigenvalue weighted by Gasteiger charge is 2.19. The first-order valence-electron chi connectivity index (χ1n) is 6.78. The molecule has 0 spiro atoms. The lowest BCUT2D eigenvalue weighted by molar-refractivity contribution is 0.0697. The number of benzene rings is 2. The Bertz CT molecular complexity index is 643. The summed E-state index contributed by atoms with van der Waals surface area (Å²) in [6, 6.07) is 13.2. The van der Waals surface area contributed by atoms with Gasteiger partial charge in [-0.3, -0.25) is 0 Å². The van der Waals surface area contributed by atoms with Crippen LogP contribution in [0.5, 0.6) is 0 Å². The quantitative estimate of drug-likeness (QED) is 0.864. The normalized spacial score (nSPS) is 14.8. The summed E-state index contributed by atoms with van der Waals surface area (Å²) in [5.41, 5.74) is 3.23. The second-order valence-electron chi connectivity index (χ2n) is 5.24. The van der Waals surface area contributed by atoms with Crippen LogP contribution in [0, 0.1) is 0 Å². The third-order valence-electron chi connectivity index (χ3n) is 4.01. The molecule has 2 aromatic carbocycles. The van der Waals surface area contributed by atoms with Gasteiger partial charge in [-0.2, -0.15) is 0 Å². The topological polar surface area (TPSA) is 37.3 Å². The number of rotatable bonds is 3. The van der Waals surface area contributed by atoms with Crippen molar-refractivity contribution in [1.29, 1.82) is 0 Å². The SMILES string of the molecule is O=C(O)c1cc(Cl)ccc1-c1ccc(C2CCC2)cc1. The number of halogens is 1. The van der Waals surface area contributed by atoms with E-state index in [2.05, 4.69) is 12.1 Å². The molecule has 3 rings (SSSR count). The molecule has 0 saturated heterocycles. The van der Waals surface area contributed by atoms with Crippen LogP contribution in [-0.4, -0.2) is 11.1 Å². The molecule has 0 aromatic heterocycles. The Labute approximate surface area is 123 Å². The van der Waals surface area contributed by atoms with Gasteiger partial charge in [0.15, 0.2) is 0 Å². The molecule has 1 aliphatic rings. The summed E-state index contributed by atoms with van der Waals surface area (Å²) in [5.74, 6) is -0.265. The van der Waals surface area contributed by atoms with Crippen molar-refractivity contribution < 1.29 is 9.90 Å². The fourth-order valence-electron chi connectivity index (χ4n) is 2.62. The molecule has 2 aromatic rings. The molecular formula is C17H15ClO2. The van der Waals surface area contributed by atoms with Gasteiger partial charge < -0.3 is 5.11 Å². The molecule has 0 heterocycles. The average Bonchev–Trinajstić information content (AvgIpc) is 2.38. The third kappa shape index (κ3) is 2.44. The van der Waals surface area contributed by atoms with Crippen LogP contribution in [0.3, 0.4) is 0 Å². The largest absolute Gasteiger partial charge is 0.478 e. The lowest BCUT2D eigenvalue weighted by atomic mass is 9.80. The summed E-state index contributed by atoms with van der Waals surface area (Å²) in [5, 5.41) is 9.72. The van der Waals surface area contributed by atoms with Crippen LogP contribution >= 0.6 is 11.6 Å². The van der Waals surface area contributed by atoms with Crippen LogP contribution in [0.15, 0.2) is 42.5 Å². The zero-order valence-corrected chi connectivity index (χ0v) is 11.7. The van der Waals surface area contributed by atoms with Gasteiger partial charge in [0.05, 0.1) is 5.56 Å². The molecule has 20 heavy (non-hydrogen) atoms. The van der Waals surface area contributed by atoms with Crippen molar-refractivity contribution in [3.8, 4) is 11.1 Å². The minimum absolute atomic E-state index is 0.244. The van der Waals surface area contributed by atoms with Crippen LogP contribution in [0.1, 0.15) is 41.1 Å². The van der Waals surface area contributed by atoms with E-state index in [4.69, 9.17) is 11.6 Å². The first kappa shape index (κ1) is 13.2. The summed E-state index contributed by atoms with van der Waals surface area (Å²) in [6.45, 7) is 0. The molecule has 0 unspecified atom stereocenters. The number of carboxylic acid groups (broad SMARTS) is 1. The van der Waals surface area contributed by atoms with Gasteiger partial charge in [-0.25, -0.2) is 4.79 Å². The molecular weight excluding hydrogens is 272 g/mol. The summed E-state index contributed by atoms with van der Waals surface area (Å²) < 4.78 is 0. The third-order valence-corrected chi connectivity index (χ3v) is 4.25. The highest BCUT2D eigenvalue weighted by Crippen LogP contribution is 2.37. The maximum atomic E-state index is 11.3. The van der Waals surface area contributed by atoms with Crippen LogP contribution in [-0.2, 0) is 0 Å². The van der Waals surface area contributed by atoms with Gasteiger partial charge in [0, 0.05) is 5.02 Å². The van der Waals surface area contributed by atoms with Crippen molar-refractivity contribution in [2.75, 3.05) is 0 Å². The van der Waals surface area contributed by atoms with Crippen LogP contribution in [0.25, 0.3) is 11.1 Å². The summed E-state index contributed by atoms with van der Waals surface area (Å²) in [6.07, 6.45) is 3.84. The van der Waals surface area contributed by atoms with Crippen LogP contribution in [0.2, 0.25) is 5.02 Å². The summed E-state index contributed by atoms with van der Waals surface area (Å²) in [7, 11) is 0. The van der Waals surface area contributed by atoms with E-state index in [1.807, 2.05) is 12.1 Å². The lowest BCUT2D eigenvalue weighted by Gasteiger charge is -2.25. The van der Waals surface area contributed by atoms with Crippen molar-refractivity contribution in [3.05, 3.63) is 58.6 Å². The molecule has 0 atom stereocenters. The van der Waals surface area contributed by atoms with Crippen molar-refractivity contribution in [2.24, 2.45) is 0 Å². The maximum absolute atomic E-state index is 11.3. The number of hydrogen-bond acceptors (Lipinski definition) is 1. The summed E-state index contributed by atoms with van der Waals surface area (Å²) >= 11 is 5.88. The van der Waals surface area contributed by atoms with E-state index < -0.39 is 5.97 Å². The molecule has 1 fully saturated rings. The first-order chi connectivity index (χ1) is 9.65. The van der Waals surface area contributed by atoms with Gasteiger partial charge in [-0.15, -0.1) is 0 Å². The molecule has 3 heteroatoms. The molecule has 102 valence electrons. The van der Waals surface area contributed by atoms with E-state index in [9.17, 15) is 9.90 Å². The Hall–Kier alpha value is -1.80. The standard InChI is InChI=1S/C17H15ClO2/c18-14-8-9-15(16(10-14)17(19)20)13-6-4-12(5-7-13)11-2-1-3-11/h4-11H,1-3H2,(H,19,20). The van der Waals surface area contributed by atoms with Gasteiger partial charge >= 0.3 is 5.97 Å². The lowest BCUT2D eigenvalue weighted by Crippen LogP contribution is -2.08. The Morgan fingerprint density at radius 2 is 1.80 bits per heavy atom. The minimum Gasteiger partial charge on any atom is -0.478 e. The predicted molar refractivity (Wildman–Crippen MR) is 80.4 cm³/mol. The molecule has 2 nitrogen and oxygen atoms in total. The molecule has 0 bridgehead atoms. The molecule has 0 radical (unpaired) electrons. The van der Waals surface area contributed by atoms with E-state index >= 15 is 0 Å². The van der Waals surface area contributed by atoms with Crippen LogP contribution < -0.4 is 0 Å². The van der Waals surface area contributed by atoms with E-state index in [1.54, 1.807) is 12.1 Å². The highest BCUT2D eigenvalue weighted by atomic mass is 35.5. The smallest absolute Gasteiger partial charge is 0.336 e. The van der Waals surface area contributed by atoms with E-state index in [0.29, 0.717) is 16.5 Å². The first-order valence-corrected chi connectivity index (χ1v) is 7.16. The fraction of sp³-hybridized carbons (Fsp3) is 0.235.